The van der Waals surface area contributed by atoms with E-state index in [1.807, 2.05) is 0 Å². The number of likely N-dealkylation sites (tertiary alicyclic amines) is 1. The van der Waals surface area contributed by atoms with Crippen LogP contribution in [0.2, 0.25) is 0 Å². The maximum absolute atomic E-state index is 12.3. The minimum Gasteiger partial charge on any atom is -0.434 e. The zero-order valence-corrected chi connectivity index (χ0v) is 10.3. The fourth-order valence-electron chi connectivity index (χ4n) is 2.29. The third kappa shape index (κ3) is 3.01. The maximum atomic E-state index is 12.3. The molecule has 4 nitrogen and oxygen atoms in total. The second-order valence-corrected chi connectivity index (χ2v) is 4.35. The van der Waals surface area contributed by atoms with Gasteiger partial charge in [-0.05, 0) is 25.0 Å². The Balaban J connectivity index is 2.23. The van der Waals surface area contributed by atoms with E-state index in [1.165, 1.54) is 23.1 Å². The number of ether oxygens (including phenoxy) is 1. The quantitative estimate of drug-likeness (QED) is 0.909. The predicted molar refractivity (Wildman–Crippen MR) is 64.2 cm³/mol. The predicted octanol–water partition coefficient (Wildman–Crippen LogP) is 1.88. The molecule has 1 saturated heterocycles. The van der Waals surface area contributed by atoms with Crippen molar-refractivity contribution in [2.75, 3.05) is 13.2 Å². The van der Waals surface area contributed by atoms with Crippen LogP contribution in [0.4, 0.5) is 8.78 Å². The molecule has 0 radical (unpaired) electrons. The number of alkyl halides is 2. The first-order valence-electron chi connectivity index (χ1n) is 6.09. The van der Waals surface area contributed by atoms with Gasteiger partial charge in [-0.25, -0.2) is 0 Å². The number of aliphatic hydroxyl groups is 1. The van der Waals surface area contributed by atoms with Crippen molar-refractivity contribution in [2.24, 2.45) is 0 Å². The van der Waals surface area contributed by atoms with Gasteiger partial charge < -0.3 is 14.7 Å². The average Bonchev–Trinajstić information content (AvgIpc) is 2.86. The Morgan fingerprint density at radius 1 is 1.47 bits per heavy atom. The van der Waals surface area contributed by atoms with Crippen LogP contribution in [0, 0.1) is 0 Å². The fraction of sp³-hybridized carbons (Fsp3) is 0.462. The van der Waals surface area contributed by atoms with Crippen molar-refractivity contribution >= 4 is 5.91 Å². The summed E-state index contributed by atoms with van der Waals surface area (Å²) in [4.78, 5) is 13.8. The molecule has 0 aromatic heterocycles. The number of aliphatic hydroxyl groups excluding tert-OH is 1. The molecule has 0 spiro atoms. The zero-order valence-electron chi connectivity index (χ0n) is 10.3. The number of para-hydroxylation sites is 1. The van der Waals surface area contributed by atoms with E-state index >= 15 is 0 Å². The van der Waals surface area contributed by atoms with E-state index in [0.717, 1.165) is 12.8 Å². The maximum Gasteiger partial charge on any atom is 0.387 e. The lowest BCUT2D eigenvalue weighted by molar-refractivity contribution is -0.0503. The van der Waals surface area contributed by atoms with Crippen molar-refractivity contribution in [3.05, 3.63) is 29.8 Å². The Bertz CT molecular complexity index is 453. The van der Waals surface area contributed by atoms with Crippen molar-refractivity contribution in [3.8, 4) is 5.75 Å². The number of carbonyl (C=O) groups is 1. The topological polar surface area (TPSA) is 49.8 Å². The van der Waals surface area contributed by atoms with Crippen molar-refractivity contribution in [1.82, 2.24) is 4.90 Å². The van der Waals surface area contributed by atoms with Crippen LogP contribution in [-0.2, 0) is 0 Å². The summed E-state index contributed by atoms with van der Waals surface area (Å²) in [5.41, 5.74) is 0.100. The summed E-state index contributed by atoms with van der Waals surface area (Å²) in [5.74, 6) is -0.515. The number of hydrogen-bond acceptors (Lipinski definition) is 3. The van der Waals surface area contributed by atoms with Gasteiger partial charge in [0.05, 0.1) is 18.2 Å². The van der Waals surface area contributed by atoms with Gasteiger partial charge in [0.1, 0.15) is 5.75 Å². The lowest BCUT2D eigenvalue weighted by Crippen LogP contribution is -2.37. The van der Waals surface area contributed by atoms with Crippen LogP contribution in [0.3, 0.4) is 0 Å². The highest BCUT2D eigenvalue weighted by Crippen LogP contribution is 2.25. The number of nitrogens with zero attached hydrogens (tertiary/aromatic N) is 1. The van der Waals surface area contributed by atoms with Gasteiger partial charge in [-0.1, -0.05) is 12.1 Å². The van der Waals surface area contributed by atoms with Crippen LogP contribution in [0.1, 0.15) is 23.2 Å². The summed E-state index contributed by atoms with van der Waals surface area (Å²) in [6.45, 7) is -2.57. The number of hydrogen-bond donors (Lipinski definition) is 1. The van der Waals surface area contributed by atoms with Crippen LogP contribution in [0.25, 0.3) is 0 Å². The first-order valence-corrected chi connectivity index (χ1v) is 6.09. The number of benzene rings is 1. The first kappa shape index (κ1) is 13.7. The Morgan fingerprint density at radius 3 is 2.89 bits per heavy atom. The van der Waals surface area contributed by atoms with Gasteiger partial charge in [-0.15, -0.1) is 0 Å². The zero-order chi connectivity index (χ0) is 13.8. The normalized spacial score (nSPS) is 18.9. The van der Waals surface area contributed by atoms with E-state index < -0.39 is 6.61 Å². The third-order valence-corrected chi connectivity index (χ3v) is 3.18. The van der Waals surface area contributed by atoms with E-state index in [2.05, 4.69) is 4.74 Å². The summed E-state index contributed by atoms with van der Waals surface area (Å²) >= 11 is 0. The Hall–Kier alpha value is -1.69. The molecule has 1 aromatic rings. The first-order chi connectivity index (χ1) is 9.13. The van der Waals surface area contributed by atoms with E-state index in [-0.39, 0.29) is 29.9 Å². The van der Waals surface area contributed by atoms with E-state index in [4.69, 9.17) is 0 Å². The molecule has 6 heteroatoms. The molecular weight excluding hydrogens is 256 g/mol. The van der Waals surface area contributed by atoms with Gasteiger partial charge in [0.25, 0.3) is 5.91 Å². The van der Waals surface area contributed by atoms with Gasteiger partial charge in [0.2, 0.25) is 0 Å². The molecule has 0 aliphatic carbocycles. The molecule has 0 bridgehead atoms. The number of halogens is 2. The summed E-state index contributed by atoms with van der Waals surface area (Å²) in [6, 6.07) is 5.67. The minimum absolute atomic E-state index is 0.100. The van der Waals surface area contributed by atoms with Crippen molar-refractivity contribution in [1.29, 1.82) is 0 Å². The van der Waals surface area contributed by atoms with Crippen molar-refractivity contribution in [3.63, 3.8) is 0 Å². The monoisotopic (exact) mass is 271 g/mol. The molecule has 1 amide bonds. The smallest absolute Gasteiger partial charge is 0.387 e. The van der Waals surface area contributed by atoms with Crippen LogP contribution < -0.4 is 4.74 Å². The highest BCUT2D eigenvalue weighted by Gasteiger charge is 2.30. The summed E-state index contributed by atoms with van der Waals surface area (Å²) < 4.78 is 28.9. The van der Waals surface area contributed by atoms with Crippen LogP contribution in [0.5, 0.6) is 5.75 Å². The van der Waals surface area contributed by atoms with E-state index in [1.54, 1.807) is 6.07 Å². The van der Waals surface area contributed by atoms with Crippen LogP contribution >= 0.6 is 0 Å². The highest BCUT2D eigenvalue weighted by atomic mass is 19.3. The number of amides is 1. The SMILES string of the molecule is O=C(c1ccccc1OC(F)F)N1CCC[C@H]1CO. The lowest BCUT2D eigenvalue weighted by atomic mass is 10.1. The second kappa shape index (κ2) is 5.97. The van der Waals surface area contributed by atoms with Gasteiger partial charge in [0, 0.05) is 6.54 Å². The number of carbonyl (C=O) groups excluding carboxylic acids is 1. The molecule has 104 valence electrons. The molecule has 1 aromatic carbocycles. The van der Waals surface area contributed by atoms with E-state index in [9.17, 15) is 18.7 Å². The standard InChI is InChI=1S/C13H15F2NO3/c14-13(15)19-11-6-2-1-5-10(11)12(18)16-7-3-4-9(16)8-17/h1-2,5-6,9,13,17H,3-4,7-8H2/t9-/m0/s1. The molecule has 1 aliphatic heterocycles. The molecule has 1 fully saturated rings. The van der Waals surface area contributed by atoms with Crippen molar-refractivity contribution < 1.29 is 23.4 Å². The molecular formula is C13H15F2NO3. The Morgan fingerprint density at radius 2 is 2.21 bits per heavy atom. The fourth-order valence-corrected chi connectivity index (χ4v) is 2.29. The second-order valence-electron chi connectivity index (χ2n) is 4.35. The lowest BCUT2D eigenvalue weighted by Gasteiger charge is -2.24. The molecule has 0 saturated carbocycles. The van der Waals surface area contributed by atoms with Gasteiger partial charge in [-0.2, -0.15) is 8.78 Å². The van der Waals surface area contributed by atoms with Crippen LogP contribution in [0.15, 0.2) is 24.3 Å². The van der Waals surface area contributed by atoms with Crippen molar-refractivity contribution in [2.45, 2.75) is 25.5 Å². The third-order valence-electron chi connectivity index (χ3n) is 3.18. The summed E-state index contributed by atoms with van der Waals surface area (Å²) in [7, 11) is 0. The Kier molecular flexibility index (Phi) is 4.31. The van der Waals surface area contributed by atoms with E-state index in [0.29, 0.717) is 6.54 Å². The molecule has 1 N–H and O–H groups in total. The Labute approximate surface area is 109 Å². The van der Waals surface area contributed by atoms with Crippen LogP contribution in [-0.4, -0.2) is 41.7 Å². The summed E-state index contributed by atoms with van der Waals surface area (Å²) in [5, 5.41) is 9.20. The molecule has 1 aliphatic rings. The molecule has 1 atom stereocenters. The minimum atomic E-state index is -2.97. The summed E-state index contributed by atoms with van der Waals surface area (Å²) in [6.07, 6.45) is 1.52. The molecule has 1 heterocycles. The molecule has 2 rings (SSSR count). The molecule has 0 unspecified atom stereocenters. The average molecular weight is 271 g/mol. The van der Waals surface area contributed by atoms with Gasteiger partial charge >= 0.3 is 6.61 Å². The highest BCUT2D eigenvalue weighted by molar-refractivity contribution is 5.97. The number of rotatable bonds is 4. The molecule has 19 heavy (non-hydrogen) atoms. The largest absolute Gasteiger partial charge is 0.434 e. The van der Waals surface area contributed by atoms with Gasteiger partial charge in [-0.3, -0.25) is 4.79 Å². The van der Waals surface area contributed by atoms with Gasteiger partial charge in [0.15, 0.2) is 0 Å².